The number of carboxylic acids is 1. The van der Waals surface area contributed by atoms with Crippen LogP contribution in [0.15, 0.2) is 42.5 Å². The van der Waals surface area contributed by atoms with E-state index < -0.39 is 28.0 Å². The van der Waals surface area contributed by atoms with Crippen molar-refractivity contribution < 1.29 is 40.6 Å². The molecule has 0 radical (unpaired) electrons. The Labute approximate surface area is 250 Å². The monoisotopic (exact) mass is 629 g/mol. The number of sulfonamides is 1. The lowest BCUT2D eigenvalue weighted by molar-refractivity contribution is -0.192. The van der Waals surface area contributed by atoms with Gasteiger partial charge in [-0.15, -0.1) is 0 Å². The second-order valence-corrected chi connectivity index (χ2v) is 13.4. The summed E-state index contributed by atoms with van der Waals surface area (Å²) >= 11 is 0. The fourth-order valence-corrected chi connectivity index (χ4v) is 7.28. The van der Waals surface area contributed by atoms with Gasteiger partial charge in [-0.05, 0) is 88.0 Å². The topological polar surface area (TPSA) is 90.4 Å². The minimum Gasteiger partial charge on any atom is -0.494 e. The van der Waals surface area contributed by atoms with Gasteiger partial charge in [0.2, 0.25) is 10.0 Å². The van der Waals surface area contributed by atoms with E-state index in [0.29, 0.717) is 6.54 Å². The predicted molar refractivity (Wildman–Crippen MR) is 157 cm³/mol. The Hall–Kier alpha value is -3.06. The lowest BCUT2D eigenvalue weighted by atomic mass is 9.74. The van der Waals surface area contributed by atoms with Crippen LogP contribution in [0.1, 0.15) is 51.0 Å². The average Bonchev–Trinajstić information content (AvgIpc) is 3.32. The SMILES string of the molecule is CCS(=O)(=O)N1CC2(CCN(c3ccc(OCCCN4CCCCC4)cc3)CC2)c2cccc(F)c21.O=C(O)C(F)(F)F. The number of piperidine rings is 2. The first-order valence-electron chi connectivity index (χ1n) is 14.7. The molecule has 1 N–H and O–H groups in total. The molecule has 5 rings (SSSR count). The Morgan fingerprint density at radius 2 is 1.63 bits per heavy atom. The van der Waals surface area contributed by atoms with Crippen LogP contribution in [0, 0.1) is 5.82 Å². The van der Waals surface area contributed by atoms with Crippen molar-refractivity contribution in [1.29, 1.82) is 0 Å². The van der Waals surface area contributed by atoms with Crippen molar-refractivity contribution in [1.82, 2.24) is 4.90 Å². The van der Waals surface area contributed by atoms with Crippen LogP contribution in [0.25, 0.3) is 0 Å². The molecule has 3 aliphatic heterocycles. The normalized spacial score (nSPS) is 18.6. The molecule has 2 aromatic carbocycles. The molecule has 0 atom stereocenters. The minimum atomic E-state index is -5.08. The summed E-state index contributed by atoms with van der Waals surface area (Å²) < 4.78 is 79.4. The summed E-state index contributed by atoms with van der Waals surface area (Å²) in [5.74, 6) is -2.34. The molecule has 0 unspecified atom stereocenters. The summed E-state index contributed by atoms with van der Waals surface area (Å²) in [5.41, 5.74) is 1.90. The van der Waals surface area contributed by atoms with E-state index in [-0.39, 0.29) is 16.9 Å². The van der Waals surface area contributed by atoms with Gasteiger partial charge >= 0.3 is 12.1 Å². The number of hydrogen-bond acceptors (Lipinski definition) is 6. The summed E-state index contributed by atoms with van der Waals surface area (Å²) in [5, 5.41) is 7.12. The van der Waals surface area contributed by atoms with E-state index in [2.05, 4.69) is 21.9 Å². The number of ether oxygens (including phenoxy) is 1. The van der Waals surface area contributed by atoms with E-state index in [1.807, 2.05) is 18.2 Å². The fraction of sp³-hybridized carbons (Fsp3) is 0.567. The highest BCUT2D eigenvalue weighted by atomic mass is 32.2. The summed E-state index contributed by atoms with van der Waals surface area (Å²) in [6.07, 6.45) is 1.53. The van der Waals surface area contributed by atoms with Gasteiger partial charge in [0.1, 0.15) is 11.6 Å². The number of rotatable bonds is 8. The zero-order valence-electron chi connectivity index (χ0n) is 24.3. The van der Waals surface area contributed by atoms with Crippen molar-refractivity contribution in [2.75, 3.05) is 60.8 Å². The van der Waals surface area contributed by atoms with E-state index in [1.165, 1.54) is 42.7 Å². The Kier molecular flexibility index (Phi) is 10.5. The third-order valence-electron chi connectivity index (χ3n) is 8.46. The van der Waals surface area contributed by atoms with Crippen LogP contribution in [0.2, 0.25) is 0 Å². The van der Waals surface area contributed by atoms with Crippen molar-refractivity contribution in [2.24, 2.45) is 0 Å². The van der Waals surface area contributed by atoms with E-state index in [4.69, 9.17) is 14.6 Å². The Morgan fingerprint density at radius 1 is 1.00 bits per heavy atom. The molecule has 2 saturated heterocycles. The number of alkyl halides is 3. The number of fused-ring (bicyclic) bond motifs is 2. The van der Waals surface area contributed by atoms with Gasteiger partial charge in [0, 0.05) is 37.3 Å². The zero-order chi connectivity index (χ0) is 31.3. The van der Waals surface area contributed by atoms with Gasteiger partial charge in [-0.25, -0.2) is 17.6 Å². The molecule has 43 heavy (non-hydrogen) atoms. The number of benzene rings is 2. The molecular weight excluding hydrogens is 590 g/mol. The molecule has 8 nitrogen and oxygen atoms in total. The lowest BCUT2D eigenvalue weighted by Gasteiger charge is -2.41. The van der Waals surface area contributed by atoms with Crippen LogP contribution >= 0.6 is 0 Å². The molecule has 0 saturated carbocycles. The van der Waals surface area contributed by atoms with Crippen LogP contribution in [0.3, 0.4) is 0 Å². The predicted octanol–water partition coefficient (Wildman–Crippen LogP) is 5.42. The van der Waals surface area contributed by atoms with Crippen LogP contribution in [0.5, 0.6) is 5.75 Å². The summed E-state index contributed by atoms with van der Waals surface area (Å²) in [6, 6.07) is 13.3. The van der Waals surface area contributed by atoms with Crippen molar-refractivity contribution in [2.45, 2.75) is 57.0 Å². The second kappa shape index (κ2) is 13.7. The molecule has 2 fully saturated rings. The molecule has 238 valence electrons. The Morgan fingerprint density at radius 3 is 2.21 bits per heavy atom. The maximum Gasteiger partial charge on any atom is 0.490 e. The number of carbonyl (C=O) groups is 1. The van der Waals surface area contributed by atoms with Gasteiger partial charge < -0.3 is 19.6 Å². The highest BCUT2D eigenvalue weighted by molar-refractivity contribution is 7.92. The summed E-state index contributed by atoms with van der Waals surface area (Å²) in [7, 11) is -3.53. The number of halogens is 4. The van der Waals surface area contributed by atoms with Crippen LogP contribution < -0.4 is 13.9 Å². The first-order chi connectivity index (χ1) is 20.4. The molecule has 3 heterocycles. The second-order valence-electron chi connectivity index (χ2n) is 11.2. The largest absolute Gasteiger partial charge is 0.494 e. The molecule has 0 bridgehead atoms. The molecule has 0 aliphatic carbocycles. The first kappa shape index (κ1) is 32.8. The van der Waals surface area contributed by atoms with Crippen LogP contribution in [0.4, 0.5) is 28.9 Å². The highest BCUT2D eigenvalue weighted by Crippen LogP contribution is 2.49. The third-order valence-corrected chi connectivity index (χ3v) is 10.2. The van der Waals surface area contributed by atoms with Crippen LogP contribution in [-0.4, -0.2) is 82.2 Å². The number of anilines is 2. The number of carboxylic acid groups (broad SMARTS) is 1. The van der Waals surface area contributed by atoms with Gasteiger partial charge in [-0.2, -0.15) is 13.2 Å². The van der Waals surface area contributed by atoms with E-state index in [1.54, 1.807) is 13.0 Å². The van der Waals surface area contributed by atoms with Crippen LogP contribution in [-0.2, 0) is 20.2 Å². The average molecular weight is 630 g/mol. The maximum absolute atomic E-state index is 14.8. The smallest absolute Gasteiger partial charge is 0.490 e. The van der Waals surface area contributed by atoms with Gasteiger partial charge in [0.05, 0.1) is 18.0 Å². The Balaban J connectivity index is 0.000000541. The maximum atomic E-state index is 14.8. The fourth-order valence-electron chi connectivity index (χ4n) is 6.06. The number of likely N-dealkylation sites (tertiary alicyclic amines) is 1. The lowest BCUT2D eigenvalue weighted by Crippen LogP contribution is -2.46. The third kappa shape index (κ3) is 7.91. The summed E-state index contributed by atoms with van der Waals surface area (Å²) in [6.45, 7) is 7.82. The number of nitrogens with zero attached hydrogens (tertiary/aromatic N) is 3. The van der Waals surface area contributed by atoms with Gasteiger partial charge in [-0.1, -0.05) is 18.6 Å². The van der Waals surface area contributed by atoms with E-state index >= 15 is 0 Å². The van der Waals surface area contributed by atoms with E-state index in [0.717, 1.165) is 62.5 Å². The highest BCUT2D eigenvalue weighted by Gasteiger charge is 2.48. The summed E-state index contributed by atoms with van der Waals surface area (Å²) in [4.78, 5) is 13.8. The molecule has 0 amide bonds. The quantitative estimate of drug-likeness (QED) is 0.308. The number of hydrogen-bond donors (Lipinski definition) is 1. The van der Waals surface area contributed by atoms with Gasteiger partial charge in [-0.3, -0.25) is 4.31 Å². The van der Waals surface area contributed by atoms with E-state index in [9.17, 15) is 26.0 Å². The molecular formula is C30H39F4N3O5S. The molecule has 2 aromatic rings. The zero-order valence-corrected chi connectivity index (χ0v) is 25.1. The molecule has 1 spiro atoms. The standard InChI is InChI=1S/C28H38FN3O3S.C2HF3O2/c1-2-36(33,34)32-22-28(25-8-6-9-26(29)27(25)32)14-19-31(20-15-28)23-10-12-24(13-11-23)35-21-7-18-30-16-4-3-5-17-30;3-2(4,5)1(6)7/h6,8-13H,2-5,7,14-22H2,1H3;(H,6,7). The van der Waals surface area contributed by atoms with Crippen molar-refractivity contribution in [3.63, 3.8) is 0 Å². The molecule has 13 heteroatoms. The molecule has 3 aliphatic rings. The minimum absolute atomic E-state index is 0.0321. The van der Waals surface area contributed by atoms with Gasteiger partial charge in [0.25, 0.3) is 0 Å². The van der Waals surface area contributed by atoms with Crippen molar-refractivity contribution in [3.05, 3.63) is 53.8 Å². The number of para-hydroxylation sites is 1. The Bertz CT molecular complexity index is 1340. The number of aliphatic carboxylic acids is 1. The molecule has 0 aromatic heterocycles. The van der Waals surface area contributed by atoms with Crippen molar-refractivity contribution >= 4 is 27.4 Å². The first-order valence-corrected chi connectivity index (χ1v) is 16.3. The van der Waals surface area contributed by atoms with Gasteiger partial charge in [0.15, 0.2) is 0 Å². The van der Waals surface area contributed by atoms with Crippen molar-refractivity contribution in [3.8, 4) is 5.75 Å².